The number of carbonyl (C=O) groups is 1. The zero-order valence-corrected chi connectivity index (χ0v) is 17.3. The van der Waals surface area contributed by atoms with E-state index in [4.69, 9.17) is 0 Å². The maximum atomic E-state index is 10.6. The van der Waals surface area contributed by atoms with Gasteiger partial charge in [0, 0.05) is 0 Å². The molecular formula is C18H33O2Sn-. The van der Waals surface area contributed by atoms with Crippen LogP contribution in [-0.2, 0) is 4.79 Å². The van der Waals surface area contributed by atoms with Crippen LogP contribution in [-0.4, -0.2) is 24.3 Å². The van der Waals surface area contributed by atoms with Crippen molar-refractivity contribution in [1.82, 2.24) is 0 Å². The molecule has 0 spiro atoms. The van der Waals surface area contributed by atoms with Gasteiger partial charge in [0.25, 0.3) is 0 Å². The van der Waals surface area contributed by atoms with Gasteiger partial charge in [-0.1, -0.05) is 0 Å². The van der Waals surface area contributed by atoms with Crippen molar-refractivity contribution in [2.24, 2.45) is 0 Å². The van der Waals surface area contributed by atoms with Gasteiger partial charge < -0.3 is 0 Å². The second-order valence-electron chi connectivity index (χ2n) is 6.21. The summed E-state index contributed by atoms with van der Waals surface area (Å²) in [5.41, 5.74) is 0.820. The van der Waals surface area contributed by atoms with Crippen molar-refractivity contribution in [1.29, 1.82) is 0 Å². The molecule has 21 heavy (non-hydrogen) atoms. The van der Waals surface area contributed by atoms with Crippen LogP contribution in [0.25, 0.3) is 0 Å². The van der Waals surface area contributed by atoms with Crippen LogP contribution in [0, 0.1) is 0 Å². The molecule has 0 aliphatic rings. The number of allylic oxidation sites excluding steroid dienone is 2. The SMILES string of the molecule is CCC[CH2][Sn](/[CH]=C/C(C)=C/C(=O)[O-])([CH2]CCC)[CH2]CCC. The maximum absolute atomic E-state index is 10.6. The predicted octanol–water partition coefficient (Wildman–Crippen LogP) is 4.63. The summed E-state index contributed by atoms with van der Waals surface area (Å²) < 4.78 is 6.74. The van der Waals surface area contributed by atoms with Crippen molar-refractivity contribution in [3.8, 4) is 0 Å². The third kappa shape index (κ3) is 10.2. The van der Waals surface area contributed by atoms with Crippen LogP contribution in [0.2, 0.25) is 13.3 Å². The van der Waals surface area contributed by atoms with E-state index in [1.807, 2.05) is 6.92 Å². The molecule has 0 N–H and O–H groups in total. The Hall–Kier alpha value is -0.251. The Kier molecular flexibility index (Phi) is 12.2. The summed E-state index contributed by atoms with van der Waals surface area (Å²) in [5.74, 6) is -1.09. The molecule has 122 valence electrons. The Labute approximate surface area is 135 Å². The Bertz CT molecular complexity index is 323. The Morgan fingerprint density at radius 2 is 1.38 bits per heavy atom. The fraction of sp³-hybridized carbons (Fsp3) is 0.722. The molecule has 0 unspecified atom stereocenters. The summed E-state index contributed by atoms with van der Waals surface area (Å²) in [6.07, 6.45) is 11.1. The van der Waals surface area contributed by atoms with E-state index >= 15 is 0 Å². The van der Waals surface area contributed by atoms with Gasteiger partial charge in [-0.15, -0.1) is 0 Å². The van der Waals surface area contributed by atoms with Gasteiger partial charge in [0.1, 0.15) is 0 Å². The second-order valence-corrected chi connectivity index (χ2v) is 19.2. The average Bonchev–Trinajstić information content (AvgIpc) is 2.45. The zero-order chi connectivity index (χ0) is 16.1. The molecule has 0 aliphatic carbocycles. The quantitative estimate of drug-likeness (QED) is 0.272. The van der Waals surface area contributed by atoms with Crippen LogP contribution in [0.1, 0.15) is 66.2 Å². The van der Waals surface area contributed by atoms with E-state index < -0.39 is 24.3 Å². The number of hydrogen-bond donors (Lipinski definition) is 0. The minimum atomic E-state index is -2.25. The van der Waals surface area contributed by atoms with E-state index in [1.54, 1.807) is 0 Å². The van der Waals surface area contributed by atoms with Gasteiger partial charge in [-0.05, 0) is 0 Å². The molecule has 0 aromatic carbocycles. The molecule has 2 nitrogen and oxygen atoms in total. The second kappa shape index (κ2) is 12.3. The van der Waals surface area contributed by atoms with Crippen molar-refractivity contribution in [3.05, 3.63) is 21.8 Å². The first-order valence-corrected chi connectivity index (χ1v) is 16.3. The molecule has 0 saturated carbocycles. The van der Waals surface area contributed by atoms with Gasteiger partial charge in [-0.2, -0.15) is 0 Å². The van der Waals surface area contributed by atoms with E-state index in [-0.39, 0.29) is 0 Å². The van der Waals surface area contributed by atoms with Crippen molar-refractivity contribution in [2.45, 2.75) is 79.5 Å². The van der Waals surface area contributed by atoms with Crippen LogP contribution in [0.15, 0.2) is 21.8 Å². The van der Waals surface area contributed by atoms with Gasteiger partial charge in [0.05, 0.1) is 0 Å². The van der Waals surface area contributed by atoms with Crippen LogP contribution in [0.3, 0.4) is 0 Å². The number of carboxylic acid groups (broad SMARTS) is 1. The molecule has 0 radical (unpaired) electrons. The molecule has 0 atom stereocenters. The first-order valence-electron chi connectivity index (χ1n) is 8.58. The minimum absolute atomic E-state index is 0.820. The molecule has 0 heterocycles. The summed E-state index contributed by atoms with van der Waals surface area (Å²) in [4.78, 5) is 10.6. The van der Waals surface area contributed by atoms with Crippen LogP contribution in [0.4, 0.5) is 0 Å². The van der Waals surface area contributed by atoms with Crippen molar-refractivity contribution >= 4 is 24.3 Å². The van der Waals surface area contributed by atoms with Gasteiger partial charge in [-0.25, -0.2) is 0 Å². The molecule has 0 aromatic heterocycles. The molecule has 0 saturated heterocycles. The predicted molar refractivity (Wildman–Crippen MR) is 92.8 cm³/mol. The Balaban J connectivity index is 5.09. The molecule has 0 aliphatic heterocycles. The van der Waals surface area contributed by atoms with Crippen LogP contribution >= 0.6 is 0 Å². The molecule has 0 bridgehead atoms. The number of hydrogen-bond acceptors (Lipinski definition) is 2. The normalized spacial score (nSPS) is 13.0. The van der Waals surface area contributed by atoms with E-state index in [9.17, 15) is 9.90 Å². The summed E-state index contributed by atoms with van der Waals surface area (Å²) in [7, 11) is 0. The molecule has 0 fully saturated rings. The standard InChI is InChI=1S/C6H7O2.3C4H9.Sn/c1-3-5(2)4-6(7)8;3*1-3-4-2;/h1,3-4H,2H3,(H,7,8);3*1,3-4H2,2H3;/p-1/b3-1?,5-4+;;;;. The third-order valence-corrected chi connectivity index (χ3v) is 18.2. The fourth-order valence-corrected chi connectivity index (χ4v) is 17.1. The third-order valence-electron chi connectivity index (χ3n) is 4.13. The Morgan fingerprint density at radius 3 is 1.71 bits per heavy atom. The first-order chi connectivity index (χ1) is 9.99. The summed E-state index contributed by atoms with van der Waals surface area (Å²) in [6, 6.07) is 0. The number of aliphatic carboxylic acids is 1. The molecule has 0 aromatic rings. The first kappa shape index (κ1) is 20.7. The van der Waals surface area contributed by atoms with E-state index in [1.165, 1.54) is 57.9 Å². The molecule has 0 amide bonds. The van der Waals surface area contributed by atoms with Gasteiger partial charge in [0.2, 0.25) is 0 Å². The van der Waals surface area contributed by atoms with Gasteiger partial charge in [0.15, 0.2) is 0 Å². The van der Waals surface area contributed by atoms with Crippen LogP contribution in [0.5, 0.6) is 0 Å². The Morgan fingerprint density at radius 1 is 0.952 bits per heavy atom. The number of carboxylic acids is 1. The van der Waals surface area contributed by atoms with Gasteiger partial charge in [-0.3, -0.25) is 0 Å². The summed E-state index contributed by atoms with van der Waals surface area (Å²) >= 11 is -2.25. The average molecular weight is 400 g/mol. The summed E-state index contributed by atoms with van der Waals surface area (Å²) in [6.45, 7) is 8.66. The topological polar surface area (TPSA) is 40.1 Å². The number of carbonyl (C=O) groups excluding carboxylic acids is 1. The molecule has 0 rings (SSSR count). The van der Waals surface area contributed by atoms with E-state index in [0.29, 0.717) is 0 Å². The fourth-order valence-electron chi connectivity index (χ4n) is 2.75. The van der Waals surface area contributed by atoms with Crippen molar-refractivity contribution in [3.63, 3.8) is 0 Å². The van der Waals surface area contributed by atoms with Crippen molar-refractivity contribution < 1.29 is 9.90 Å². The van der Waals surface area contributed by atoms with Crippen LogP contribution < -0.4 is 5.11 Å². The molecular weight excluding hydrogens is 367 g/mol. The number of unbranched alkanes of at least 4 members (excludes halogenated alkanes) is 3. The zero-order valence-electron chi connectivity index (χ0n) is 14.4. The molecule has 3 heteroatoms. The monoisotopic (exact) mass is 401 g/mol. The van der Waals surface area contributed by atoms with E-state index in [2.05, 4.69) is 30.9 Å². The van der Waals surface area contributed by atoms with E-state index in [0.717, 1.165) is 5.57 Å². The van der Waals surface area contributed by atoms with Crippen molar-refractivity contribution in [2.75, 3.05) is 0 Å². The number of rotatable bonds is 12. The summed E-state index contributed by atoms with van der Waals surface area (Å²) in [5, 5.41) is 10.6. The van der Waals surface area contributed by atoms with Gasteiger partial charge >= 0.3 is 136 Å².